The summed E-state index contributed by atoms with van der Waals surface area (Å²) in [5.74, 6) is -0.0135. The average Bonchev–Trinajstić information content (AvgIpc) is 2.81. The highest BCUT2D eigenvalue weighted by Gasteiger charge is 2.28. The van der Waals surface area contributed by atoms with E-state index >= 15 is 0 Å². The predicted octanol–water partition coefficient (Wildman–Crippen LogP) is 4.47. The number of hydrogen-bond acceptors (Lipinski definition) is 3. The fraction of sp³-hybridized carbons (Fsp3) is 0.0714. The Morgan fingerprint density at radius 3 is 2.67 bits per heavy atom. The quantitative estimate of drug-likeness (QED) is 0.754. The van der Waals surface area contributed by atoms with Gasteiger partial charge in [0.05, 0.1) is 5.69 Å². The average molecular weight is 301 g/mol. The van der Waals surface area contributed by atoms with Gasteiger partial charge in [-0.05, 0) is 12.1 Å². The van der Waals surface area contributed by atoms with Crippen molar-refractivity contribution in [3.05, 3.63) is 64.1 Å². The molecule has 0 radical (unpaired) electrons. The van der Waals surface area contributed by atoms with Crippen LogP contribution < -0.4 is 0 Å². The van der Waals surface area contributed by atoms with Gasteiger partial charge in [0.1, 0.15) is 0 Å². The van der Waals surface area contributed by atoms with Gasteiger partial charge in [-0.2, -0.15) is 10.2 Å². The molecule has 1 aliphatic rings. The number of carbonyl (C=O) groups is 1. The van der Waals surface area contributed by atoms with E-state index in [9.17, 15) is 4.79 Å². The first-order valence-electron chi connectivity index (χ1n) is 5.55. The van der Waals surface area contributed by atoms with E-state index in [4.69, 9.17) is 0 Å². The smallest absolute Gasteiger partial charge is 0.193 e. The van der Waals surface area contributed by atoms with E-state index in [1.807, 2.05) is 36.4 Å². The standard InChI is InChI=1S/C14H9BrN2O/c15-10-6-7-11-12(8-10)16-17-13(11)14(18)9-4-2-1-3-5-9/h1-8,13H/t13-/m0/s1. The van der Waals surface area contributed by atoms with Gasteiger partial charge >= 0.3 is 0 Å². The summed E-state index contributed by atoms with van der Waals surface area (Å²) >= 11 is 3.38. The number of carbonyl (C=O) groups excluding carboxylic acids is 1. The highest BCUT2D eigenvalue weighted by molar-refractivity contribution is 9.10. The summed E-state index contributed by atoms with van der Waals surface area (Å²) in [5, 5.41) is 8.14. The number of halogens is 1. The summed E-state index contributed by atoms with van der Waals surface area (Å²) in [6.07, 6.45) is 0. The van der Waals surface area contributed by atoms with E-state index in [1.165, 1.54) is 0 Å². The zero-order chi connectivity index (χ0) is 12.5. The molecule has 2 aromatic carbocycles. The van der Waals surface area contributed by atoms with Crippen molar-refractivity contribution in [2.45, 2.75) is 6.04 Å². The normalized spacial score (nSPS) is 16.6. The van der Waals surface area contributed by atoms with Crippen molar-refractivity contribution in [2.75, 3.05) is 0 Å². The summed E-state index contributed by atoms with van der Waals surface area (Å²) in [5.41, 5.74) is 2.29. The Bertz CT molecular complexity index is 637. The Morgan fingerprint density at radius 1 is 1.11 bits per heavy atom. The van der Waals surface area contributed by atoms with Gasteiger partial charge in [0.2, 0.25) is 0 Å². The van der Waals surface area contributed by atoms with Crippen molar-refractivity contribution in [3.8, 4) is 0 Å². The van der Waals surface area contributed by atoms with Crippen LogP contribution in [0.15, 0.2) is 63.2 Å². The molecular weight excluding hydrogens is 292 g/mol. The van der Waals surface area contributed by atoms with Gasteiger partial charge in [-0.3, -0.25) is 4.79 Å². The maximum absolute atomic E-state index is 12.3. The highest BCUT2D eigenvalue weighted by atomic mass is 79.9. The topological polar surface area (TPSA) is 41.8 Å². The van der Waals surface area contributed by atoms with Crippen LogP contribution in [0.3, 0.4) is 0 Å². The Hall–Kier alpha value is -1.81. The number of fused-ring (bicyclic) bond motifs is 1. The van der Waals surface area contributed by atoms with Gasteiger partial charge in [0.25, 0.3) is 0 Å². The zero-order valence-corrected chi connectivity index (χ0v) is 11.0. The van der Waals surface area contributed by atoms with Crippen molar-refractivity contribution in [1.82, 2.24) is 0 Å². The maximum atomic E-state index is 12.3. The number of rotatable bonds is 2. The molecule has 0 saturated heterocycles. The molecular formula is C14H9BrN2O. The molecule has 4 heteroatoms. The molecule has 2 aromatic rings. The van der Waals surface area contributed by atoms with Crippen LogP contribution in [0.1, 0.15) is 22.0 Å². The minimum Gasteiger partial charge on any atom is -0.291 e. The third-order valence-electron chi connectivity index (χ3n) is 2.87. The van der Waals surface area contributed by atoms with E-state index in [-0.39, 0.29) is 5.78 Å². The summed E-state index contributed by atoms with van der Waals surface area (Å²) in [4.78, 5) is 12.3. The molecule has 0 unspecified atom stereocenters. The molecule has 1 heterocycles. The highest BCUT2D eigenvalue weighted by Crippen LogP contribution is 2.38. The molecule has 3 rings (SSSR count). The van der Waals surface area contributed by atoms with Crippen LogP contribution in [0.5, 0.6) is 0 Å². The van der Waals surface area contributed by atoms with Crippen molar-refractivity contribution < 1.29 is 4.79 Å². The Labute approximate surface area is 113 Å². The Balaban J connectivity index is 1.98. The molecule has 0 fully saturated rings. The van der Waals surface area contributed by atoms with Crippen molar-refractivity contribution >= 4 is 27.4 Å². The van der Waals surface area contributed by atoms with Crippen molar-refractivity contribution in [1.29, 1.82) is 0 Å². The molecule has 1 aliphatic heterocycles. The Kier molecular flexibility index (Phi) is 2.80. The van der Waals surface area contributed by atoms with Gasteiger partial charge in [-0.25, -0.2) is 0 Å². The van der Waals surface area contributed by atoms with Gasteiger partial charge in [-0.1, -0.05) is 52.3 Å². The van der Waals surface area contributed by atoms with Crippen LogP contribution in [-0.2, 0) is 0 Å². The minimum absolute atomic E-state index is 0.0135. The number of azo groups is 1. The molecule has 88 valence electrons. The van der Waals surface area contributed by atoms with Crippen LogP contribution in [0, 0.1) is 0 Å². The number of hydrogen-bond donors (Lipinski definition) is 0. The third-order valence-corrected chi connectivity index (χ3v) is 3.37. The lowest BCUT2D eigenvalue weighted by molar-refractivity contribution is 0.0962. The Morgan fingerprint density at radius 2 is 1.89 bits per heavy atom. The number of nitrogens with zero attached hydrogens (tertiary/aromatic N) is 2. The summed E-state index contributed by atoms with van der Waals surface area (Å²) in [6.45, 7) is 0. The van der Waals surface area contributed by atoms with Gasteiger partial charge in [-0.15, -0.1) is 0 Å². The van der Waals surface area contributed by atoms with Crippen molar-refractivity contribution in [2.24, 2.45) is 10.2 Å². The van der Waals surface area contributed by atoms with E-state index in [0.717, 1.165) is 15.7 Å². The second-order valence-corrected chi connectivity index (χ2v) is 4.97. The zero-order valence-electron chi connectivity index (χ0n) is 9.38. The molecule has 0 aromatic heterocycles. The largest absolute Gasteiger partial charge is 0.291 e. The molecule has 0 N–H and O–H groups in total. The first-order valence-corrected chi connectivity index (χ1v) is 6.34. The molecule has 0 bridgehead atoms. The molecule has 0 spiro atoms. The number of benzene rings is 2. The number of Topliss-reactive ketones (excluding diaryl/α,β-unsaturated/α-hetero) is 1. The third kappa shape index (κ3) is 1.88. The monoisotopic (exact) mass is 300 g/mol. The maximum Gasteiger partial charge on any atom is 0.193 e. The number of ketones is 1. The lowest BCUT2D eigenvalue weighted by atomic mass is 9.98. The van der Waals surface area contributed by atoms with Crippen LogP contribution >= 0.6 is 15.9 Å². The second-order valence-electron chi connectivity index (χ2n) is 4.05. The lowest BCUT2D eigenvalue weighted by Crippen LogP contribution is -2.08. The van der Waals surface area contributed by atoms with E-state index in [0.29, 0.717) is 5.56 Å². The van der Waals surface area contributed by atoms with E-state index in [2.05, 4.69) is 26.2 Å². The first-order chi connectivity index (χ1) is 8.75. The predicted molar refractivity (Wildman–Crippen MR) is 72.2 cm³/mol. The van der Waals surface area contributed by atoms with Crippen LogP contribution in [0.25, 0.3) is 0 Å². The van der Waals surface area contributed by atoms with Crippen molar-refractivity contribution in [3.63, 3.8) is 0 Å². The molecule has 1 atom stereocenters. The van der Waals surface area contributed by atoms with Gasteiger partial charge in [0, 0.05) is 15.6 Å². The summed E-state index contributed by atoms with van der Waals surface area (Å²) < 4.78 is 0.938. The van der Waals surface area contributed by atoms with Gasteiger partial charge in [0.15, 0.2) is 11.8 Å². The second kappa shape index (κ2) is 4.46. The summed E-state index contributed by atoms with van der Waals surface area (Å²) in [6, 6.07) is 14.4. The van der Waals surface area contributed by atoms with Crippen LogP contribution in [0.2, 0.25) is 0 Å². The minimum atomic E-state index is -0.504. The molecule has 0 amide bonds. The van der Waals surface area contributed by atoms with E-state index in [1.54, 1.807) is 12.1 Å². The molecule has 18 heavy (non-hydrogen) atoms. The molecule has 0 saturated carbocycles. The van der Waals surface area contributed by atoms with E-state index < -0.39 is 6.04 Å². The van der Waals surface area contributed by atoms with Crippen LogP contribution in [0.4, 0.5) is 5.69 Å². The van der Waals surface area contributed by atoms with Crippen LogP contribution in [-0.4, -0.2) is 5.78 Å². The molecule has 0 aliphatic carbocycles. The SMILES string of the molecule is O=C(c1ccccc1)[C@H]1N=Nc2cc(Br)ccc21. The molecule has 3 nitrogen and oxygen atoms in total. The summed E-state index contributed by atoms with van der Waals surface area (Å²) in [7, 11) is 0. The first kappa shape index (κ1) is 11.3. The fourth-order valence-corrected chi connectivity index (χ4v) is 2.32. The fourth-order valence-electron chi connectivity index (χ4n) is 1.97. The lowest BCUT2D eigenvalue weighted by Gasteiger charge is -2.07. The van der Waals surface area contributed by atoms with Gasteiger partial charge < -0.3 is 0 Å².